The van der Waals surface area contributed by atoms with Gasteiger partial charge in [0, 0.05) is 49.1 Å². The maximum Gasteiger partial charge on any atom is 0.231 e. The number of likely N-dealkylation sites (tertiary alicyclic amines) is 1. The number of benzene rings is 1. The molecule has 2 aromatic rings. The highest BCUT2D eigenvalue weighted by Crippen LogP contribution is 2.43. The van der Waals surface area contributed by atoms with Crippen LogP contribution in [0.5, 0.6) is 17.2 Å². The van der Waals surface area contributed by atoms with Gasteiger partial charge < -0.3 is 19.9 Å². The molecule has 1 aromatic carbocycles. The van der Waals surface area contributed by atoms with Gasteiger partial charge >= 0.3 is 0 Å². The van der Waals surface area contributed by atoms with Gasteiger partial charge in [0.25, 0.3) is 0 Å². The molecule has 2 N–H and O–H groups in total. The van der Waals surface area contributed by atoms with Crippen LogP contribution in [0, 0.1) is 5.92 Å². The van der Waals surface area contributed by atoms with Crippen molar-refractivity contribution >= 4 is 5.91 Å². The Balaban J connectivity index is 1.37. The van der Waals surface area contributed by atoms with E-state index in [1.807, 2.05) is 18.2 Å². The largest absolute Gasteiger partial charge is 0.507 e. The zero-order valence-electron chi connectivity index (χ0n) is 17.6. The monoisotopic (exact) mass is 423 g/mol. The maximum absolute atomic E-state index is 12.7. The summed E-state index contributed by atoms with van der Waals surface area (Å²) in [5.74, 6) is 1.76. The Hall–Kier alpha value is -2.80. The summed E-state index contributed by atoms with van der Waals surface area (Å²) in [4.78, 5) is 19.2. The lowest BCUT2D eigenvalue weighted by Gasteiger charge is -2.30. The lowest BCUT2D eigenvalue weighted by molar-refractivity contribution is -0.126. The second kappa shape index (κ2) is 8.75. The van der Waals surface area contributed by atoms with Crippen molar-refractivity contribution < 1.29 is 19.4 Å². The average molecular weight is 424 g/mol. The highest BCUT2D eigenvalue weighted by molar-refractivity contribution is 5.79. The van der Waals surface area contributed by atoms with E-state index in [4.69, 9.17) is 9.47 Å². The van der Waals surface area contributed by atoms with E-state index in [1.54, 1.807) is 18.5 Å². The van der Waals surface area contributed by atoms with Crippen LogP contribution in [0.1, 0.15) is 55.7 Å². The third kappa shape index (κ3) is 4.19. The summed E-state index contributed by atoms with van der Waals surface area (Å²) in [6.45, 7) is 1.73. The van der Waals surface area contributed by atoms with Gasteiger partial charge in [-0.2, -0.15) is 0 Å². The summed E-state index contributed by atoms with van der Waals surface area (Å²) in [5, 5.41) is 14.1. The molecule has 0 spiro atoms. The lowest BCUT2D eigenvalue weighted by Crippen LogP contribution is -2.41. The van der Waals surface area contributed by atoms with Crippen LogP contribution in [0.4, 0.5) is 0 Å². The molecule has 0 bridgehead atoms. The van der Waals surface area contributed by atoms with Gasteiger partial charge in [-0.15, -0.1) is 0 Å². The number of nitrogens with zero attached hydrogens (tertiary/aromatic N) is 2. The van der Waals surface area contributed by atoms with E-state index in [-0.39, 0.29) is 36.5 Å². The van der Waals surface area contributed by atoms with Crippen LogP contribution in [0.25, 0.3) is 0 Å². The number of phenolic OH excluding ortho intramolecular Hbond substituents is 1. The van der Waals surface area contributed by atoms with Crippen LogP contribution in [-0.2, 0) is 4.79 Å². The standard InChI is InChI=1S/C24H29N3O4/c28-20-13-22-21(30-15-31-22)12-19(20)23(16-6-9-25-10-7-16)27-11-8-18(14-27)26-24(29)17-4-2-1-3-5-17/h6-7,9-10,12-13,17-18,23,28H,1-5,8,11,14-15H2,(H,26,29)/t18-,23?/m1/s1. The molecule has 1 amide bonds. The summed E-state index contributed by atoms with van der Waals surface area (Å²) in [6, 6.07) is 7.41. The van der Waals surface area contributed by atoms with E-state index in [9.17, 15) is 9.90 Å². The maximum atomic E-state index is 12.7. The van der Waals surface area contributed by atoms with Crippen molar-refractivity contribution in [3.05, 3.63) is 47.8 Å². The Morgan fingerprint density at radius 1 is 1.10 bits per heavy atom. The first-order valence-corrected chi connectivity index (χ1v) is 11.3. The Morgan fingerprint density at radius 3 is 2.61 bits per heavy atom. The Bertz CT molecular complexity index is 930. The molecule has 1 aromatic heterocycles. The average Bonchev–Trinajstić information content (AvgIpc) is 3.45. The van der Waals surface area contributed by atoms with Crippen molar-refractivity contribution in [3.8, 4) is 17.2 Å². The molecular weight excluding hydrogens is 394 g/mol. The SMILES string of the molecule is O=C(N[C@@H]1CCN(C(c2ccncc2)c2cc3c(cc2O)OCO3)C1)C1CCCCC1. The quantitative estimate of drug-likeness (QED) is 0.767. The Labute approximate surface area is 182 Å². The van der Waals surface area contributed by atoms with E-state index in [1.165, 1.54) is 6.42 Å². The van der Waals surface area contributed by atoms with Crippen LogP contribution in [0.3, 0.4) is 0 Å². The van der Waals surface area contributed by atoms with Gasteiger partial charge in [0.05, 0.1) is 6.04 Å². The van der Waals surface area contributed by atoms with E-state index < -0.39 is 0 Å². The number of phenols is 1. The normalized spacial score (nSPS) is 22.4. The molecule has 1 saturated heterocycles. The first-order valence-electron chi connectivity index (χ1n) is 11.3. The molecule has 7 heteroatoms. The Morgan fingerprint density at radius 2 is 1.84 bits per heavy atom. The molecular formula is C24H29N3O4. The first kappa shape index (κ1) is 20.1. The van der Waals surface area contributed by atoms with Gasteiger partial charge in [-0.25, -0.2) is 0 Å². The van der Waals surface area contributed by atoms with Gasteiger partial charge in [0.1, 0.15) is 5.75 Å². The third-order valence-corrected chi connectivity index (χ3v) is 6.75. The van der Waals surface area contributed by atoms with Gasteiger partial charge in [-0.05, 0) is 43.0 Å². The molecule has 2 aliphatic heterocycles. The summed E-state index contributed by atoms with van der Waals surface area (Å²) in [6.07, 6.45) is 10.00. The van der Waals surface area contributed by atoms with Gasteiger partial charge in [0.2, 0.25) is 12.7 Å². The van der Waals surface area contributed by atoms with Crippen molar-refractivity contribution in [1.82, 2.24) is 15.2 Å². The predicted molar refractivity (Wildman–Crippen MR) is 115 cm³/mol. The molecule has 3 aliphatic rings. The van der Waals surface area contributed by atoms with Gasteiger partial charge in [-0.3, -0.25) is 14.7 Å². The fourth-order valence-electron chi connectivity index (χ4n) is 5.12. The molecule has 1 unspecified atom stereocenters. The molecule has 31 heavy (non-hydrogen) atoms. The predicted octanol–water partition coefficient (Wildman–Crippen LogP) is 3.38. The van der Waals surface area contributed by atoms with Crippen LogP contribution < -0.4 is 14.8 Å². The Kier molecular flexibility index (Phi) is 5.68. The van der Waals surface area contributed by atoms with Crippen molar-refractivity contribution in [3.63, 3.8) is 0 Å². The molecule has 164 valence electrons. The summed E-state index contributed by atoms with van der Waals surface area (Å²) in [5.41, 5.74) is 1.82. The molecule has 1 aliphatic carbocycles. The second-order valence-electron chi connectivity index (χ2n) is 8.77. The minimum atomic E-state index is -0.158. The minimum absolute atomic E-state index is 0.120. The van der Waals surface area contributed by atoms with E-state index >= 15 is 0 Å². The number of amides is 1. The van der Waals surface area contributed by atoms with Crippen LogP contribution in [0.2, 0.25) is 0 Å². The van der Waals surface area contributed by atoms with E-state index in [0.717, 1.165) is 56.3 Å². The zero-order chi connectivity index (χ0) is 21.2. The highest BCUT2D eigenvalue weighted by Gasteiger charge is 2.34. The molecule has 2 fully saturated rings. The van der Waals surface area contributed by atoms with Crippen molar-refractivity contribution in [2.24, 2.45) is 5.92 Å². The lowest BCUT2D eigenvalue weighted by atomic mass is 9.88. The molecule has 3 heterocycles. The van der Waals surface area contributed by atoms with Crippen molar-refractivity contribution in [2.75, 3.05) is 19.9 Å². The molecule has 5 rings (SSSR count). The van der Waals surface area contributed by atoms with Crippen LogP contribution in [0.15, 0.2) is 36.7 Å². The second-order valence-corrected chi connectivity index (χ2v) is 8.77. The molecule has 0 radical (unpaired) electrons. The summed E-state index contributed by atoms with van der Waals surface area (Å²) >= 11 is 0. The fourth-order valence-corrected chi connectivity index (χ4v) is 5.12. The van der Waals surface area contributed by atoms with Crippen molar-refractivity contribution in [1.29, 1.82) is 0 Å². The first-order chi connectivity index (χ1) is 15.2. The number of carbonyl (C=O) groups is 1. The number of fused-ring (bicyclic) bond motifs is 1. The third-order valence-electron chi connectivity index (χ3n) is 6.75. The minimum Gasteiger partial charge on any atom is -0.507 e. The molecule has 1 saturated carbocycles. The van der Waals surface area contributed by atoms with E-state index in [2.05, 4.69) is 15.2 Å². The number of hydrogen-bond donors (Lipinski definition) is 2. The number of aromatic nitrogens is 1. The summed E-state index contributed by atoms with van der Waals surface area (Å²) in [7, 11) is 0. The van der Waals surface area contributed by atoms with Crippen LogP contribution >= 0.6 is 0 Å². The topological polar surface area (TPSA) is 83.9 Å². The number of aromatic hydroxyl groups is 1. The van der Waals surface area contributed by atoms with Crippen LogP contribution in [-0.4, -0.2) is 46.8 Å². The number of ether oxygens (including phenoxy) is 2. The van der Waals surface area contributed by atoms with Crippen molar-refractivity contribution in [2.45, 2.75) is 50.6 Å². The number of pyridine rings is 1. The number of rotatable bonds is 5. The smallest absolute Gasteiger partial charge is 0.231 e. The fraction of sp³-hybridized carbons (Fsp3) is 0.500. The zero-order valence-corrected chi connectivity index (χ0v) is 17.6. The molecule has 7 nitrogen and oxygen atoms in total. The number of hydrogen-bond acceptors (Lipinski definition) is 6. The summed E-state index contributed by atoms with van der Waals surface area (Å²) < 4.78 is 11.0. The molecule has 2 atom stereocenters. The van der Waals surface area contributed by atoms with E-state index in [0.29, 0.717) is 11.5 Å². The number of nitrogens with one attached hydrogen (secondary N) is 1. The van der Waals surface area contributed by atoms with Gasteiger partial charge in [0.15, 0.2) is 11.5 Å². The number of carbonyl (C=O) groups excluding carboxylic acids is 1. The van der Waals surface area contributed by atoms with Gasteiger partial charge in [-0.1, -0.05) is 19.3 Å². The highest BCUT2D eigenvalue weighted by atomic mass is 16.7.